The first-order valence-electron chi connectivity index (χ1n) is 14.4. The number of methoxy groups -OCH3 is 2. The number of hydrogen-bond donors (Lipinski definition) is 0. The average molecular weight is 601 g/mol. The van der Waals surface area contributed by atoms with Gasteiger partial charge >= 0.3 is 5.97 Å². The standard InChI is InChI=1S/C34H36N2O6S/c1-7-11-26-30(33(38)41-8-2)31(25-19-22(39-5)15-17-27(25)40-6)36-32(37)29(43-34(36)35-26)18-21-14-16-28(42-20(3)4)24-13-10-9-12-23(21)24/h9-10,12-20,31H,7-8,11H2,1-6H3/b29-18+/t31-/m0/s1. The zero-order chi connectivity index (χ0) is 30.7. The van der Waals surface area contributed by atoms with Crippen molar-refractivity contribution in [3.63, 3.8) is 0 Å². The quantitative estimate of drug-likeness (QED) is 0.222. The van der Waals surface area contributed by atoms with E-state index < -0.39 is 12.0 Å². The minimum absolute atomic E-state index is 0.0254. The van der Waals surface area contributed by atoms with Gasteiger partial charge in [0.25, 0.3) is 5.56 Å². The Bertz CT molecular complexity index is 1890. The van der Waals surface area contributed by atoms with E-state index in [4.69, 9.17) is 23.9 Å². The van der Waals surface area contributed by atoms with Gasteiger partial charge in [-0.05, 0) is 68.5 Å². The number of ether oxygens (including phenoxy) is 4. The van der Waals surface area contributed by atoms with Gasteiger partial charge in [0, 0.05) is 10.9 Å². The van der Waals surface area contributed by atoms with Crippen molar-refractivity contribution in [1.82, 2.24) is 4.57 Å². The number of allylic oxidation sites excluding steroid dienone is 1. The molecule has 0 fully saturated rings. The molecular weight excluding hydrogens is 564 g/mol. The van der Waals surface area contributed by atoms with Gasteiger partial charge in [0.2, 0.25) is 0 Å². The molecule has 8 nitrogen and oxygen atoms in total. The van der Waals surface area contributed by atoms with Gasteiger partial charge in [-0.3, -0.25) is 9.36 Å². The lowest BCUT2D eigenvalue weighted by molar-refractivity contribution is -0.139. The Balaban J connectivity index is 1.79. The lowest BCUT2D eigenvalue weighted by Gasteiger charge is -2.27. The van der Waals surface area contributed by atoms with Crippen LogP contribution in [0.5, 0.6) is 17.2 Å². The van der Waals surface area contributed by atoms with E-state index in [0.29, 0.717) is 44.1 Å². The lowest BCUT2D eigenvalue weighted by atomic mass is 9.93. The van der Waals surface area contributed by atoms with Gasteiger partial charge in [-0.1, -0.05) is 55.0 Å². The molecule has 0 spiro atoms. The number of carbonyl (C=O) groups excluding carboxylic acids is 1. The number of hydrogen-bond acceptors (Lipinski definition) is 8. The molecule has 0 saturated carbocycles. The molecule has 43 heavy (non-hydrogen) atoms. The highest BCUT2D eigenvalue weighted by Gasteiger charge is 2.36. The van der Waals surface area contributed by atoms with E-state index in [9.17, 15) is 9.59 Å². The SMILES string of the molecule is CCCC1=C(C(=O)OCC)[C@H](c2cc(OC)ccc2OC)n2c(s/c(=C/c3ccc(OC(C)C)c4ccccc34)c2=O)=N1. The zero-order valence-corrected chi connectivity index (χ0v) is 26.1. The van der Waals surface area contributed by atoms with Crippen molar-refractivity contribution in [1.29, 1.82) is 0 Å². The molecule has 224 valence electrons. The first kappa shape index (κ1) is 30.1. The van der Waals surface area contributed by atoms with Crippen LogP contribution in [0.4, 0.5) is 0 Å². The van der Waals surface area contributed by atoms with Crippen LogP contribution >= 0.6 is 11.3 Å². The molecule has 0 N–H and O–H groups in total. The highest BCUT2D eigenvalue weighted by atomic mass is 32.1. The highest BCUT2D eigenvalue weighted by Crippen LogP contribution is 2.39. The van der Waals surface area contributed by atoms with Crippen LogP contribution in [0.2, 0.25) is 0 Å². The fraction of sp³-hybridized carbons (Fsp3) is 0.324. The van der Waals surface area contributed by atoms with Crippen LogP contribution in [0.1, 0.15) is 57.7 Å². The van der Waals surface area contributed by atoms with Gasteiger partial charge in [0.05, 0.1) is 42.7 Å². The van der Waals surface area contributed by atoms with Gasteiger partial charge in [0.1, 0.15) is 23.3 Å². The lowest BCUT2D eigenvalue weighted by Crippen LogP contribution is -2.40. The molecule has 0 bridgehead atoms. The van der Waals surface area contributed by atoms with Crippen LogP contribution in [0.3, 0.4) is 0 Å². The molecular formula is C34H36N2O6S. The second-order valence-electron chi connectivity index (χ2n) is 10.4. The Labute approximate surface area is 254 Å². The number of thiazole rings is 1. The molecule has 0 aliphatic carbocycles. The summed E-state index contributed by atoms with van der Waals surface area (Å²) in [5, 5.41) is 1.93. The Morgan fingerprint density at radius 2 is 1.77 bits per heavy atom. The van der Waals surface area contributed by atoms with Crippen LogP contribution in [-0.2, 0) is 9.53 Å². The molecule has 3 aromatic carbocycles. The largest absolute Gasteiger partial charge is 0.497 e. The second kappa shape index (κ2) is 12.9. The van der Waals surface area contributed by atoms with Crippen LogP contribution in [0, 0.1) is 0 Å². The van der Waals surface area contributed by atoms with E-state index >= 15 is 0 Å². The third kappa shape index (κ3) is 5.82. The molecule has 9 heteroatoms. The van der Waals surface area contributed by atoms with Crippen molar-refractivity contribution in [3.8, 4) is 17.2 Å². The summed E-state index contributed by atoms with van der Waals surface area (Å²) in [5.74, 6) is 1.38. The number of aromatic nitrogens is 1. The molecule has 4 aromatic rings. The van der Waals surface area contributed by atoms with Crippen molar-refractivity contribution in [2.75, 3.05) is 20.8 Å². The fourth-order valence-corrected chi connectivity index (χ4v) is 6.40. The summed E-state index contributed by atoms with van der Waals surface area (Å²) >= 11 is 1.30. The molecule has 1 aliphatic heterocycles. The maximum absolute atomic E-state index is 14.3. The van der Waals surface area contributed by atoms with Gasteiger partial charge < -0.3 is 18.9 Å². The Hall–Kier alpha value is -4.37. The summed E-state index contributed by atoms with van der Waals surface area (Å²) in [6.07, 6.45) is 3.22. The molecule has 1 aromatic heterocycles. The second-order valence-corrected chi connectivity index (χ2v) is 11.4. The van der Waals surface area contributed by atoms with Gasteiger partial charge in [-0.25, -0.2) is 9.79 Å². The number of fused-ring (bicyclic) bond motifs is 2. The van der Waals surface area contributed by atoms with E-state index in [0.717, 1.165) is 28.5 Å². The van der Waals surface area contributed by atoms with Crippen molar-refractivity contribution in [3.05, 3.63) is 96.7 Å². The predicted octanol–water partition coefficient (Wildman–Crippen LogP) is 5.54. The minimum Gasteiger partial charge on any atom is -0.497 e. The summed E-state index contributed by atoms with van der Waals surface area (Å²) in [6, 6.07) is 16.4. The van der Waals surface area contributed by atoms with Crippen molar-refractivity contribution >= 4 is 34.2 Å². The zero-order valence-electron chi connectivity index (χ0n) is 25.3. The van der Waals surface area contributed by atoms with Crippen LogP contribution in [-0.4, -0.2) is 37.5 Å². The number of carbonyl (C=O) groups is 1. The van der Waals surface area contributed by atoms with Crippen molar-refractivity contribution in [2.45, 2.75) is 52.7 Å². The molecule has 0 radical (unpaired) electrons. The van der Waals surface area contributed by atoms with E-state index in [1.54, 1.807) is 43.9 Å². The van der Waals surface area contributed by atoms with Crippen LogP contribution in [0.15, 0.2) is 75.7 Å². The van der Waals surface area contributed by atoms with Crippen molar-refractivity contribution < 1.29 is 23.7 Å². The number of esters is 1. The maximum Gasteiger partial charge on any atom is 0.338 e. The summed E-state index contributed by atoms with van der Waals surface area (Å²) < 4.78 is 24.9. The normalized spacial score (nSPS) is 15.0. The number of nitrogens with zero attached hydrogens (tertiary/aromatic N) is 2. The molecule has 1 atom stereocenters. The van der Waals surface area contributed by atoms with E-state index in [1.165, 1.54) is 11.3 Å². The number of rotatable bonds is 10. The molecule has 0 amide bonds. The topological polar surface area (TPSA) is 88.4 Å². The molecule has 5 rings (SSSR count). The smallest absolute Gasteiger partial charge is 0.338 e. The predicted molar refractivity (Wildman–Crippen MR) is 169 cm³/mol. The van der Waals surface area contributed by atoms with Gasteiger partial charge in [-0.15, -0.1) is 0 Å². The summed E-state index contributed by atoms with van der Waals surface area (Å²) in [6.45, 7) is 7.97. The van der Waals surface area contributed by atoms with E-state index in [1.807, 2.05) is 63.2 Å². The maximum atomic E-state index is 14.3. The third-order valence-corrected chi connectivity index (χ3v) is 8.17. The molecule has 0 saturated heterocycles. The summed E-state index contributed by atoms with van der Waals surface area (Å²) in [7, 11) is 3.14. The third-order valence-electron chi connectivity index (χ3n) is 7.19. The number of benzene rings is 3. The van der Waals surface area contributed by atoms with Gasteiger partial charge in [0.15, 0.2) is 4.80 Å². The van der Waals surface area contributed by atoms with Crippen LogP contribution in [0.25, 0.3) is 16.8 Å². The molecule has 2 heterocycles. The monoisotopic (exact) mass is 600 g/mol. The van der Waals surface area contributed by atoms with Gasteiger partial charge in [-0.2, -0.15) is 0 Å². The summed E-state index contributed by atoms with van der Waals surface area (Å²) in [4.78, 5) is 33.2. The fourth-order valence-electron chi connectivity index (χ4n) is 5.39. The Kier molecular flexibility index (Phi) is 9.01. The van der Waals surface area contributed by atoms with Crippen LogP contribution < -0.4 is 29.1 Å². The summed E-state index contributed by atoms with van der Waals surface area (Å²) in [5.41, 5.74) is 2.16. The Morgan fingerprint density at radius 3 is 2.44 bits per heavy atom. The Morgan fingerprint density at radius 1 is 1.02 bits per heavy atom. The van der Waals surface area contributed by atoms with Crippen molar-refractivity contribution in [2.24, 2.45) is 4.99 Å². The highest BCUT2D eigenvalue weighted by molar-refractivity contribution is 7.07. The van der Waals surface area contributed by atoms with E-state index in [2.05, 4.69) is 0 Å². The molecule has 0 unspecified atom stereocenters. The minimum atomic E-state index is -0.817. The first-order chi connectivity index (χ1) is 20.8. The molecule has 1 aliphatic rings. The first-order valence-corrected chi connectivity index (χ1v) is 15.2. The average Bonchev–Trinajstić information content (AvgIpc) is 3.31. The van der Waals surface area contributed by atoms with E-state index in [-0.39, 0.29) is 18.3 Å².